The van der Waals surface area contributed by atoms with Gasteiger partial charge in [0.25, 0.3) is 5.91 Å². The Morgan fingerprint density at radius 1 is 1.16 bits per heavy atom. The molecule has 0 fully saturated rings. The summed E-state index contributed by atoms with van der Waals surface area (Å²) in [5.41, 5.74) is 8.02. The largest absolute Gasteiger partial charge is 0.365 e. The summed E-state index contributed by atoms with van der Waals surface area (Å²) in [7, 11) is 0. The van der Waals surface area contributed by atoms with Gasteiger partial charge in [-0.05, 0) is 29.8 Å². The van der Waals surface area contributed by atoms with Crippen molar-refractivity contribution in [2.45, 2.75) is 6.54 Å². The van der Waals surface area contributed by atoms with Crippen LogP contribution >= 0.6 is 0 Å². The maximum Gasteiger partial charge on any atom is 0.252 e. The van der Waals surface area contributed by atoms with Crippen molar-refractivity contribution in [3.63, 3.8) is 0 Å². The Bertz CT molecular complexity index is 1150. The van der Waals surface area contributed by atoms with Gasteiger partial charge in [-0.2, -0.15) is 15.5 Å². The van der Waals surface area contributed by atoms with Gasteiger partial charge >= 0.3 is 0 Å². The van der Waals surface area contributed by atoms with E-state index >= 15 is 0 Å². The summed E-state index contributed by atoms with van der Waals surface area (Å²) < 4.78 is 0. The zero-order chi connectivity index (χ0) is 22.1. The van der Waals surface area contributed by atoms with E-state index in [0.717, 1.165) is 11.8 Å². The number of pyridine rings is 1. The zero-order valence-corrected chi connectivity index (χ0v) is 16.5. The third kappa shape index (κ3) is 5.71. The van der Waals surface area contributed by atoms with Gasteiger partial charge in [-0.25, -0.2) is 4.98 Å². The predicted octanol–water partition coefficient (Wildman–Crippen LogP) is 4.14. The molecule has 9 heteroatoms. The van der Waals surface area contributed by atoms with Crippen LogP contribution in [0.2, 0.25) is 0 Å². The van der Waals surface area contributed by atoms with Gasteiger partial charge in [0.1, 0.15) is 17.7 Å². The van der Waals surface area contributed by atoms with Crippen molar-refractivity contribution in [1.29, 1.82) is 10.7 Å². The van der Waals surface area contributed by atoms with E-state index in [4.69, 9.17) is 11.1 Å². The molecule has 0 saturated carbocycles. The fourth-order valence-electron chi connectivity index (χ4n) is 2.74. The van der Waals surface area contributed by atoms with Crippen LogP contribution in [-0.2, 0) is 6.54 Å². The number of aromatic nitrogens is 1. The van der Waals surface area contributed by atoms with E-state index in [0.29, 0.717) is 23.7 Å². The Balaban J connectivity index is 1.91. The van der Waals surface area contributed by atoms with Crippen molar-refractivity contribution in [2.24, 2.45) is 16.0 Å². The topological polar surface area (TPSA) is 152 Å². The lowest BCUT2D eigenvalue weighted by Gasteiger charge is -2.14. The van der Waals surface area contributed by atoms with E-state index in [1.807, 2.05) is 36.4 Å². The van der Waals surface area contributed by atoms with Crippen LogP contribution in [0.15, 0.2) is 70.9 Å². The normalized spacial score (nSPS) is 10.4. The number of carbonyl (C=O) groups is 1. The predicted molar refractivity (Wildman–Crippen MR) is 119 cm³/mol. The molecule has 0 spiro atoms. The number of nitriles is 1. The van der Waals surface area contributed by atoms with Gasteiger partial charge in [-0.15, -0.1) is 0 Å². The number of anilines is 3. The molecule has 0 radical (unpaired) electrons. The molecule has 0 aliphatic rings. The van der Waals surface area contributed by atoms with Crippen LogP contribution in [0.1, 0.15) is 21.5 Å². The van der Waals surface area contributed by atoms with E-state index in [1.165, 1.54) is 6.07 Å². The van der Waals surface area contributed by atoms with Crippen molar-refractivity contribution in [3.05, 3.63) is 77.4 Å². The number of nitrogens with zero attached hydrogens (tertiary/aromatic N) is 4. The second kappa shape index (κ2) is 10.3. The van der Waals surface area contributed by atoms with Gasteiger partial charge in [0.2, 0.25) is 0 Å². The third-order valence-corrected chi connectivity index (χ3v) is 4.18. The summed E-state index contributed by atoms with van der Waals surface area (Å²) in [5.74, 6) is -0.153. The second-order valence-electron chi connectivity index (χ2n) is 6.40. The highest BCUT2D eigenvalue weighted by Crippen LogP contribution is 2.26. The van der Waals surface area contributed by atoms with Crippen LogP contribution in [0.4, 0.5) is 23.0 Å². The summed E-state index contributed by atoms with van der Waals surface area (Å²) in [6.07, 6.45) is 1.15. The Labute approximate surface area is 179 Å². The van der Waals surface area contributed by atoms with E-state index in [1.54, 1.807) is 24.3 Å². The van der Waals surface area contributed by atoms with Crippen LogP contribution in [0.5, 0.6) is 0 Å². The molecule has 0 bridgehead atoms. The van der Waals surface area contributed by atoms with Crippen LogP contribution in [0.3, 0.4) is 0 Å². The first-order chi connectivity index (χ1) is 15.1. The molecule has 1 amide bonds. The molecule has 3 aromatic rings. The van der Waals surface area contributed by atoms with Gasteiger partial charge < -0.3 is 21.8 Å². The zero-order valence-electron chi connectivity index (χ0n) is 16.5. The fourth-order valence-corrected chi connectivity index (χ4v) is 2.74. The highest BCUT2D eigenvalue weighted by molar-refractivity contribution is 5.99. The molecule has 31 heavy (non-hydrogen) atoms. The standard InChI is InChI=1S/C22H20N8O/c23-9-10-27-30-18-8-4-7-17(12-18)28-22-19(20(25)31)11-16(13-24)21(29-22)26-14-15-5-2-1-3-6-15/h1-9,11-12,23H,10,14H2,(H2,25,31)(H2,26,28,29). The molecule has 5 N–H and O–H groups in total. The van der Waals surface area contributed by atoms with Crippen molar-refractivity contribution in [1.82, 2.24) is 4.98 Å². The van der Waals surface area contributed by atoms with E-state index < -0.39 is 5.91 Å². The number of primary amides is 1. The van der Waals surface area contributed by atoms with Gasteiger partial charge in [-0.3, -0.25) is 4.79 Å². The molecule has 154 valence electrons. The summed E-state index contributed by atoms with van der Waals surface area (Å²) in [4.78, 5) is 16.4. The second-order valence-corrected chi connectivity index (χ2v) is 6.40. The smallest absolute Gasteiger partial charge is 0.252 e. The van der Waals surface area contributed by atoms with Gasteiger partial charge in [0, 0.05) is 18.4 Å². The molecule has 3 rings (SSSR count). The molecule has 2 aromatic carbocycles. The summed E-state index contributed by atoms with van der Waals surface area (Å²) >= 11 is 0. The maximum absolute atomic E-state index is 12.0. The number of rotatable bonds is 9. The molecule has 1 aromatic heterocycles. The number of azo groups is 1. The number of nitrogens with two attached hydrogens (primary N) is 1. The van der Waals surface area contributed by atoms with Gasteiger partial charge in [-0.1, -0.05) is 36.4 Å². The molecule has 1 heterocycles. The van der Waals surface area contributed by atoms with Crippen LogP contribution in [0.25, 0.3) is 0 Å². The Morgan fingerprint density at radius 3 is 2.68 bits per heavy atom. The number of benzene rings is 2. The minimum Gasteiger partial charge on any atom is -0.365 e. The minimum absolute atomic E-state index is 0.0950. The molecule has 0 aliphatic carbocycles. The number of hydrogen-bond donors (Lipinski definition) is 4. The maximum atomic E-state index is 12.0. The molecule has 0 saturated heterocycles. The molecule has 0 aliphatic heterocycles. The van der Waals surface area contributed by atoms with Crippen molar-refractivity contribution in [2.75, 3.05) is 17.2 Å². The fraction of sp³-hybridized carbons (Fsp3) is 0.0909. The van der Waals surface area contributed by atoms with E-state index in [2.05, 4.69) is 25.8 Å². The van der Waals surface area contributed by atoms with E-state index in [-0.39, 0.29) is 23.5 Å². The Hall–Kier alpha value is -4.58. The van der Waals surface area contributed by atoms with Crippen molar-refractivity contribution >= 4 is 35.1 Å². The third-order valence-electron chi connectivity index (χ3n) is 4.18. The number of nitrogens with one attached hydrogen (secondary N) is 3. The summed E-state index contributed by atoms with van der Waals surface area (Å²) in [6, 6.07) is 20.2. The van der Waals surface area contributed by atoms with Crippen LogP contribution in [0, 0.1) is 16.7 Å². The summed E-state index contributed by atoms with van der Waals surface area (Å²) in [5, 5.41) is 30.6. The number of amides is 1. The SMILES string of the molecule is N#Cc1cc(C(N)=O)c(Nc2cccc(N=NCC=N)c2)nc1NCc1ccccc1. The highest BCUT2D eigenvalue weighted by atomic mass is 16.1. The lowest BCUT2D eigenvalue weighted by Crippen LogP contribution is -2.16. The van der Waals surface area contributed by atoms with E-state index in [9.17, 15) is 10.1 Å². The lowest BCUT2D eigenvalue weighted by atomic mass is 10.1. The first-order valence-electron chi connectivity index (χ1n) is 9.37. The first kappa shape index (κ1) is 21.1. The average molecular weight is 412 g/mol. The molecular formula is C22H20N8O. The Morgan fingerprint density at radius 2 is 1.97 bits per heavy atom. The number of carbonyl (C=O) groups excluding carboxylic acids is 1. The quantitative estimate of drug-likeness (QED) is 0.307. The first-order valence-corrected chi connectivity index (χ1v) is 9.37. The van der Waals surface area contributed by atoms with Crippen molar-refractivity contribution in [3.8, 4) is 6.07 Å². The van der Waals surface area contributed by atoms with Gasteiger partial charge in [0.05, 0.1) is 23.4 Å². The molecule has 9 nitrogen and oxygen atoms in total. The number of hydrogen-bond acceptors (Lipinski definition) is 8. The minimum atomic E-state index is -0.706. The molecule has 0 unspecified atom stereocenters. The Kier molecular flexibility index (Phi) is 7.00. The average Bonchev–Trinajstić information content (AvgIpc) is 2.78. The summed E-state index contributed by atoms with van der Waals surface area (Å²) in [6.45, 7) is 0.651. The van der Waals surface area contributed by atoms with Crippen LogP contribution in [-0.4, -0.2) is 23.7 Å². The lowest BCUT2D eigenvalue weighted by molar-refractivity contribution is 0.100. The highest BCUT2D eigenvalue weighted by Gasteiger charge is 2.16. The molecule has 0 atom stereocenters. The van der Waals surface area contributed by atoms with Gasteiger partial charge in [0.15, 0.2) is 0 Å². The van der Waals surface area contributed by atoms with Crippen molar-refractivity contribution < 1.29 is 4.79 Å². The van der Waals surface area contributed by atoms with Crippen LogP contribution < -0.4 is 16.4 Å². The monoisotopic (exact) mass is 412 g/mol. The molecular weight excluding hydrogens is 392 g/mol.